The second kappa shape index (κ2) is 8.11. The van der Waals surface area contributed by atoms with Crippen LogP contribution in [0, 0.1) is 6.92 Å². The summed E-state index contributed by atoms with van der Waals surface area (Å²) in [6.07, 6.45) is 1.75. The molecule has 0 saturated heterocycles. The molecule has 3 nitrogen and oxygen atoms in total. The zero-order chi connectivity index (χ0) is 10.1. The van der Waals surface area contributed by atoms with Crippen LogP contribution < -0.4 is 5.73 Å². The zero-order valence-corrected chi connectivity index (χ0v) is 9.05. The van der Waals surface area contributed by atoms with E-state index in [0.717, 1.165) is 5.69 Å². The quantitative estimate of drug-likeness (QED) is 0.651. The van der Waals surface area contributed by atoms with Crippen molar-refractivity contribution in [3.8, 4) is 0 Å². The molecule has 12 heavy (non-hydrogen) atoms. The van der Waals surface area contributed by atoms with Gasteiger partial charge < -0.3 is 10.3 Å². The van der Waals surface area contributed by atoms with E-state index in [4.69, 9.17) is 5.73 Å². The van der Waals surface area contributed by atoms with Crippen LogP contribution >= 0.6 is 0 Å². The van der Waals surface area contributed by atoms with Gasteiger partial charge in [0.25, 0.3) is 0 Å². The molecule has 72 valence electrons. The summed E-state index contributed by atoms with van der Waals surface area (Å²) >= 11 is 0. The van der Waals surface area contributed by atoms with Gasteiger partial charge in [-0.1, -0.05) is 27.7 Å². The van der Waals surface area contributed by atoms with Gasteiger partial charge in [0.1, 0.15) is 0 Å². The van der Waals surface area contributed by atoms with E-state index in [1.165, 1.54) is 0 Å². The number of hydrogen-bond donors (Lipinski definition) is 1. The maximum atomic E-state index is 5.39. The third kappa shape index (κ3) is 4.01. The summed E-state index contributed by atoms with van der Waals surface area (Å²) in [6, 6.07) is 0. The van der Waals surface area contributed by atoms with Gasteiger partial charge >= 0.3 is 0 Å². The van der Waals surface area contributed by atoms with Gasteiger partial charge in [0.2, 0.25) is 0 Å². The molecule has 0 aliphatic carbocycles. The van der Waals surface area contributed by atoms with Crippen molar-refractivity contribution >= 4 is 5.95 Å². The second-order valence-electron chi connectivity index (χ2n) is 1.82. The monoisotopic (exact) mass is 171 g/mol. The van der Waals surface area contributed by atoms with Gasteiger partial charge in [-0.05, 0) is 6.92 Å². The first-order valence-electron chi connectivity index (χ1n) is 4.45. The van der Waals surface area contributed by atoms with E-state index in [1.807, 2.05) is 46.2 Å². The van der Waals surface area contributed by atoms with E-state index in [-0.39, 0.29) is 0 Å². The van der Waals surface area contributed by atoms with E-state index in [9.17, 15) is 0 Å². The number of imidazole rings is 1. The van der Waals surface area contributed by atoms with Gasteiger partial charge in [0.05, 0.1) is 6.20 Å². The average molecular weight is 171 g/mol. The summed E-state index contributed by atoms with van der Waals surface area (Å²) in [5.41, 5.74) is 6.48. The van der Waals surface area contributed by atoms with Crippen LogP contribution in [0.25, 0.3) is 0 Å². The molecule has 0 amide bonds. The fraction of sp³-hybridized carbons (Fsp3) is 0.667. The maximum Gasteiger partial charge on any atom is 0.200 e. The number of nitrogen functional groups attached to an aromatic ring is 1. The first-order valence-corrected chi connectivity index (χ1v) is 4.45. The van der Waals surface area contributed by atoms with Crippen LogP contribution in [0.5, 0.6) is 0 Å². The Bertz CT molecular complexity index is 172. The van der Waals surface area contributed by atoms with Gasteiger partial charge in [0, 0.05) is 12.7 Å². The van der Waals surface area contributed by atoms with Gasteiger partial charge in [0.15, 0.2) is 5.95 Å². The van der Waals surface area contributed by atoms with E-state index in [2.05, 4.69) is 4.98 Å². The molecule has 0 unspecified atom stereocenters. The molecule has 0 bridgehead atoms. The van der Waals surface area contributed by atoms with Crippen LogP contribution in [0.4, 0.5) is 5.95 Å². The van der Waals surface area contributed by atoms with E-state index < -0.39 is 0 Å². The highest BCUT2D eigenvalue weighted by Gasteiger charge is 1.93. The van der Waals surface area contributed by atoms with Crippen molar-refractivity contribution in [2.75, 3.05) is 5.73 Å². The molecule has 0 aromatic carbocycles. The number of rotatable bonds is 0. The van der Waals surface area contributed by atoms with Gasteiger partial charge in [-0.3, -0.25) is 0 Å². The van der Waals surface area contributed by atoms with Crippen molar-refractivity contribution in [3.05, 3.63) is 11.9 Å². The van der Waals surface area contributed by atoms with Crippen LogP contribution in [0.15, 0.2) is 6.20 Å². The maximum absolute atomic E-state index is 5.39. The first kappa shape index (κ1) is 13.6. The van der Waals surface area contributed by atoms with Crippen LogP contribution in [0.1, 0.15) is 33.4 Å². The van der Waals surface area contributed by atoms with Crippen molar-refractivity contribution in [2.24, 2.45) is 7.05 Å². The predicted molar refractivity (Wildman–Crippen MR) is 55.1 cm³/mol. The highest BCUT2D eigenvalue weighted by Crippen LogP contribution is 1.99. The highest BCUT2D eigenvalue weighted by molar-refractivity contribution is 5.20. The lowest BCUT2D eigenvalue weighted by Gasteiger charge is -1.93. The lowest BCUT2D eigenvalue weighted by Crippen LogP contribution is -1.97. The molecule has 1 heterocycles. The summed E-state index contributed by atoms with van der Waals surface area (Å²) in [5.74, 6) is 0.572. The molecular weight excluding hydrogens is 150 g/mol. The van der Waals surface area contributed by atoms with E-state index in [1.54, 1.807) is 6.20 Å². The molecule has 1 aromatic rings. The van der Waals surface area contributed by atoms with Crippen LogP contribution in [-0.4, -0.2) is 9.55 Å². The standard InChI is InChI=1S/C5H9N3.2C2H6/c1-4-3-7-5(6)8(4)2;2*1-2/h3H,1-2H3,(H2,6,7);2*1-2H3. The Morgan fingerprint density at radius 1 is 1.25 bits per heavy atom. The van der Waals surface area contributed by atoms with Crippen molar-refractivity contribution in [1.29, 1.82) is 0 Å². The number of aromatic nitrogens is 2. The largest absolute Gasteiger partial charge is 0.369 e. The number of hydrogen-bond acceptors (Lipinski definition) is 2. The Kier molecular flexibility index (Phi) is 9.18. The molecule has 0 fully saturated rings. The molecule has 0 aliphatic heterocycles. The topological polar surface area (TPSA) is 43.8 Å². The number of anilines is 1. The molecule has 1 rings (SSSR count). The Morgan fingerprint density at radius 3 is 1.75 bits per heavy atom. The smallest absolute Gasteiger partial charge is 0.200 e. The molecule has 0 atom stereocenters. The van der Waals surface area contributed by atoms with Gasteiger partial charge in [-0.2, -0.15) is 0 Å². The minimum atomic E-state index is 0.572. The Morgan fingerprint density at radius 2 is 1.67 bits per heavy atom. The van der Waals surface area contributed by atoms with Crippen molar-refractivity contribution < 1.29 is 0 Å². The van der Waals surface area contributed by atoms with Crippen molar-refractivity contribution in [2.45, 2.75) is 34.6 Å². The van der Waals surface area contributed by atoms with Gasteiger partial charge in [-0.15, -0.1) is 0 Å². The molecule has 2 N–H and O–H groups in total. The number of aryl methyl sites for hydroxylation is 1. The third-order valence-electron chi connectivity index (χ3n) is 1.26. The Hall–Kier alpha value is -0.990. The summed E-state index contributed by atoms with van der Waals surface area (Å²) in [4.78, 5) is 3.86. The number of nitrogens with zero attached hydrogens (tertiary/aromatic N) is 2. The Labute approximate surface area is 75.6 Å². The minimum Gasteiger partial charge on any atom is -0.369 e. The molecule has 0 spiro atoms. The van der Waals surface area contributed by atoms with Gasteiger partial charge in [-0.25, -0.2) is 4.98 Å². The lowest BCUT2D eigenvalue weighted by molar-refractivity contribution is 0.888. The summed E-state index contributed by atoms with van der Waals surface area (Å²) in [5, 5.41) is 0. The molecule has 0 radical (unpaired) electrons. The van der Waals surface area contributed by atoms with Crippen LogP contribution in [-0.2, 0) is 7.05 Å². The average Bonchev–Trinajstić information content (AvgIpc) is 2.43. The molecule has 1 aromatic heterocycles. The number of nitrogens with two attached hydrogens (primary N) is 1. The molecule has 0 saturated carbocycles. The van der Waals surface area contributed by atoms with Crippen molar-refractivity contribution in [3.63, 3.8) is 0 Å². The van der Waals surface area contributed by atoms with Crippen LogP contribution in [0.2, 0.25) is 0 Å². The fourth-order valence-corrected chi connectivity index (χ4v) is 0.513. The summed E-state index contributed by atoms with van der Waals surface area (Å²) < 4.78 is 1.83. The predicted octanol–water partition coefficient (Wildman–Crippen LogP) is 2.36. The van der Waals surface area contributed by atoms with E-state index >= 15 is 0 Å². The molecule has 3 heteroatoms. The fourth-order valence-electron chi connectivity index (χ4n) is 0.513. The summed E-state index contributed by atoms with van der Waals surface area (Å²) in [7, 11) is 1.89. The van der Waals surface area contributed by atoms with Crippen molar-refractivity contribution in [1.82, 2.24) is 9.55 Å². The lowest BCUT2D eigenvalue weighted by atomic mass is 10.5. The van der Waals surface area contributed by atoms with Crippen LogP contribution in [0.3, 0.4) is 0 Å². The first-order chi connectivity index (χ1) is 5.72. The summed E-state index contributed by atoms with van der Waals surface area (Å²) in [6.45, 7) is 9.96. The molecule has 0 aliphatic rings. The normalized spacial score (nSPS) is 7.50. The zero-order valence-electron chi connectivity index (χ0n) is 9.05. The SMILES string of the molecule is CC.CC.Cc1cnc(N)n1C. The third-order valence-corrected chi connectivity index (χ3v) is 1.26. The van der Waals surface area contributed by atoms with E-state index in [0.29, 0.717) is 5.95 Å². The Balaban J connectivity index is 0. The second-order valence-corrected chi connectivity index (χ2v) is 1.82. The highest BCUT2D eigenvalue weighted by atomic mass is 15.1. The minimum absolute atomic E-state index is 0.572. The molecular formula is C9H21N3.